The molecule has 0 aliphatic carbocycles. The average molecular weight is 538 g/mol. The first-order valence-electron chi connectivity index (χ1n) is 8.66. The molecule has 0 aliphatic heterocycles. The molecule has 0 aromatic carbocycles. The molecule has 10 heteroatoms. The van der Waals surface area contributed by atoms with E-state index in [4.69, 9.17) is 16.3 Å². The minimum atomic E-state index is -0.329. The summed E-state index contributed by atoms with van der Waals surface area (Å²) < 4.78 is 5.07. The summed E-state index contributed by atoms with van der Waals surface area (Å²) in [6.45, 7) is 6.62. The van der Waals surface area contributed by atoms with Gasteiger partial charge in [0.25, 0.3) is 0 Å². The van der Waals surface area contributed by atoms with Gasteiger partial charge in [0, 0.05) is 19.8 Å². The Kier molecular flexibility index (Phi) is 10.7. The Hall–Kier alpha value is -1.46. The number of carbonyl (C=O) groups excluding carboxylic acids is 1. The molecule has 2 aromatic rings. The van der Waals surface area contributed by atoms with Crippen molar-refractivity contribution in [3.63, 3.8) is 0 Å². The van der Waals surface area contributed by atoms with Gasteiger partial charge in [-0.05, 0) is 38.8 Å². The highest BCUT2D eigenvalue weighted by Gasteiger charge is 2.20. The zero-order valence-electron chi connectivity index (χ0n) is 16.3. The monoisotopic (exact) mass is 537 g/mol. The van der Waals surface area contributed by atoms with Crippen LogP contribution in [0, 0.1) is 6.92 Å². The molecule has 0 aliphatic rings. The minimum absolute atomic E-state index is 0. The van der Waals surface area contributed by atoms with Gasteiger partial charge in [-0.25, -0.2) is 14.8 Å². The maximum atomic E-state index is 12.0. The summed E-state index contributed by atoms with van der Waals surface area (Å²) >= 11 is 7.13. The lowest BCUT2D eigenvalue weighted by Gasteiger charge is -2.16. The van der Waals surface area contributed by atoms with E-state index < -0.39 is 0 Å². The van der Waals surface area contributed by atoms with E-state index in [0.717, 1.165) is 17.0 Å². The van der Waals surface area contributed by atoms with E-state index >= 15 is 0 Å². The molecule has 2 heterocycles. The lowest BCUT2D eigenvalue weighted by atomic mass is 10.2. The zero-order chi connectivity index (χ0) is 19.8. The number of aryl methyl sites for hydroxylation is 1. The van der Waals surface area contributed by atoms with Crippen molar-refractivity contribution < 1.29 is 9.53 Å². The molecule has 2 aromatic heterocycles. The molecule has 0 amide bonds. The Labute approximate surface area is 191 Å². The number of pyridine rings is 1. The number of guanidine groups is 1. The van der Waals surface area contributed by atoms with Crippen molar-refractivity contribution in [2.75, 3.05) is 20.2 Å². The summed E-state index contributed by atoms with van der Waals surface area (Å²) in [6.07, 6.45) is 2.56. The molecular formula is C18H25ClIN5O2S. The maximum absolute atomic E-state index is 12.0. The molecule has 1 unspecified atom stereocenters. The van der Waals surface area contributed by atoms with Gasteiger partial charge in [-0.2, -0.15) is 0 Å². The SMILES string of the molecule is CCOC(=O)c1sc(C(C)NC(=NC)NCCc2ccc(Cl)nc2)nc1C.I. The van der Waals surface area contributed by atoms with E-state index in [1.54, 1.807) is 26.2 Å². The van der Waals surface area contributed by atoms with Crippen molar-refractivity contribution >= 4 is 58.8 Å². The second-order valence-corrected chi connectivity index (χ2v) is 7.21. The fourth-order valence-electron chi connectivity index (χ4n) is 2.33. The standard InChI is InChI=1S/C18H24ClN5O2S.HI/c1-5-26-17(25)15-11(2)23-16(27-15)12(3)24-18(20-4)21-9-8-13-6-7-14(19)22-10-13;/h6-7,10,12H,5,8-9H2,1-4H3,(H2,20,21,24);1H. The van der Waals surface area contributed by atoms with Crippen LogP contribution >= 0.6 is 46.9 Å². The predicted molar refractivity (Wildman–Crippen MR) is 124 cm³/mol. The van der Waals surface area contributed by atoms with Crippen molar-refractivity contribution in [2.24, 2.45) is 4.99 Å². The molecule has 28 heavy (non-hydrogen) atoms. The van der Waals surface area contributed by atoms with E-state index in [9.17, 15) is 4.79 Å². The molecule has 2 rings (SSSR count). The van der Waals surface area contributed by atoms with Gasteiger partial charge in [0.1, 0.15) is 15.0 Å². The van der Waals surface area contributed by atoms with Gasteiger partial charge in [-0.3, -0.25) is 4.99 Å². The number of hydrogen-bond donors (Lipinski definition) is 2. The molecule has 7 nitrogen and oxygen atoms in total. The Balaban J connectivity index is 0.00000392. The van der Waals surface area contributed by atoms with Crippen LogP contribution in [0.4, 0.5) is 0 Å². The Bertz CT molecular complexity index is 798. The first-order chi connectivity index (χ1) is 12.9. The largest absolute Gasteiger partial charge is 0.462 e. The molecule has 0 saturated heterocycles. The second-order valence-electron chi connectivity index (χ2n) is 5.79. The molecule has 0 saturated carbocycles. The van der Waals surface area contributed by atoms with Crippen LogP contribution in [0.25, 0.3) is 0 Å². The number of aromatic nitrogens is 2. The third-order valence-electron chi connectivity index (χ3n) is 3.72. The molecule has 2 N–H and O–H groups in total. The normalized spacial score (nSPS) is 12.1. The van der Waals surface area contributed by atoms with Crippen molar-refractivity contribution in [3.8, 4) is 0 Å². The first-order valence-corrected chi connectivity index (χ1v) is 9.86. The van der Waals surface area contributed by atoms with Crippen LogP contribution in [0.3, 0.4) is 0 Å². The summed E-state index contributed by atoms with van der Waals surface area (Å²) in [4.78, 5) is 25.3. The van der Waals surface area contributed by atoms with Crippen LogP contribution in [0.15, 0.2) is 23.3 Å². The van der Waals surface area contributed by atoms with Gasteiger partial charge in [0.2, 0.25) is 0 Å². The maximum Gasteiger partial charge on any atom is 0.350 e. The van der Waals surface area contributed by atoms with E-state index in [0.29, 0.717) is 34.8 Å². The van der Waals surface area contributed by atoms with Crippen LogP contribution in [-0.4, -0.2) is 42.1 Å². The lowest BCUT2D eigenvalue weighted by molar-refractivity contribution is 0.0531. The quantitative estimate of drug-likeness (QED) is 0.184. The predicted octanol–water partition coefficient (Wildman–Crippen LogP) is 3.76. The van der Waals surface area contributed by atoms with Gasteiger partial charge in [-0.15, -0.1) is 35.3 Å². The van der Waals surface area contributed by atoms with E-state index in [-0.39, 0.29) is 36.0 Å². The van der Waals surface area contributed by atoms with E-state index in [2.05, 4.69) is 25.6 Å². The molecular weight excluding hydrogens is 513 g/mol. The van der Waals surface area contributed by atoms with Crippen molar-refractivity contribution in [2.45, 2.75) is 33.2 Å². The highest BCUT2D eigenvalue weighted by molar-refractivity contribution is 14.0. The number of hydrogen-bond acceptors (Lipinski definition) is 6. The average Bonchev–Trinajstić information content (AvgIpc) is 3.04. The molecule has 0 spiro atoms. The number of rotatable bonds is 7. The number of halogens is 2. The number of ether oxygens (including phenoxy) is 1. The van der Waals surface area contributed by atoms with Crippen LogP contribution in [0.2, 0.25) is 5.15 Å². The Morgan fingerprint density at radius 1 is 1.43 bits per heavy atom. The summed E-state index contributed by atoms with van der Waals surface area (Å²) in [5, 5.41) is 7.84. The van der Waals surface area contributed by atoms with Crippen LogP contribution < -0.4 is 10.6 Å². The topological polar surface area (TPSA) is 88.5 Å². The third-order valence-corrected chi connectivity index (χ3v) is 5.26. The van der Waals surface area contributed by atoms with Gasteiger partial charge < -0.3 is 15.4 Å². The first kappa shape index (κ1) is 24.6. The van der Waals surface area contributed by atoms with Gasteiger partial charge >= 0.3 is 5.97 Å². The zero-order valence-corrected chi connectivity index (χ0v) is 20.2. The molecule has 154 valence electrons. The van der Waals surface area contributed by atoms with Crippen LogP contribution in [0.5, 0.6) is 0 Å². The summed E-state index contributed by atoms with van der Waals surface area (Å²) in [5.41, 5.74) is 1.77. The number of nitrogens with one attached hydrogen (secondary N) is 2. The summed E-state index contributed by atoms with van der Waals surface area (Å²) in [7, 11) is 1.71. The molecule has 0 radical (unpaired) electrons. The van der Waals surface area contributed by atoms with Crippen molar-refractivity contribution in [1.29, 1.82) is 0 Å². The number of carbonyl (C=O) groups is 1. The number of thiazole rings is 1. The second kappa shape index (κ2) is 12.2. The third kappa shape index (κ3) is 7.17. The highest BCUT2D eigenvalue weighted by atomic mass is 127. The molecule has 0 fully saturated rings. The number of aliphatic imine (C=N–C) groups is 1. The van der Waals surface area contributed by atoms with Gasteiger partial charge in [0.05, 0.1) is 18.3 Å². The molecule has 1 atom stereocenters. The fourth-order valence-corrected chi connectivity index (χ4v) is 3.40. The fraction of sp³-hybridized carbons (Fsp3) is 0.444. The minimum Gasteiger partial charge on any atom is -0.462 e. The van der Waals surface area contributed by atoms with Crippen molar-refractivity contribution in [1.82, 2.24) is 20.6 Å². The summed E-state index contributed by atoms with van der Waals surface area (Å²) in [6, 6.07) is 3.63. The number of nitrogens with zero attached hydrogens (tertiary/aromatic N) is 3. The van der Waals surface area contributed by atoms with Gasteiger partial charge in [0.15, 0.2) is 5.96 Å². The van der Waals surface area contributed by atoms with Gasteiger partial charge in [-0.1, -0.05) is 17.7 Å². The Morgan fingerprint density at radius 3 is 2.79 bits per heavy atom. The van der Waals surface area contributed by atoms with Crippen molar-refractivity contribution in [3.05, 3.63) is 44.6 Å². The number of esters is 1. The van der Waals surface area contributed by atoms with Crippen LogP contribution in [0.1, 0.15) is 45.8 Å². The lowest BCUT2D eigenvalue weighted by Crippen LogP contribution is -2.39. The van der Waals surface area contributed by atoms with E-state index in [1.807, 2.05) is 19.9 Å². The highest BCUT2D eigenvalue weighted by Crippen LogP contribution is 2.24. The summed E-state index contributed by atoms with van der Waals surface area (Å²) in [5.74, 6) is 0.333. The van der Waals surface area contributed by atoms with E-state index in [1.165, 1.54) is 11.3 Å². The smallest absolute Gasteiger partial charge is 0.350 e. The molecule has 0 bridgehead atoms. The van der Waals surface area contributed by atoms with Crippen LogP contribution in [-0.2, 0) is 11.2 Å². The Morgan fingerprint density at radius 2 is 2.18 bits per heavy atom.